The summed E-state index contributed by atoms with van der Waals surface area (Å²) in [7, 11) is 1.61. The highest BCUT2D eigenvalue weighted by molar-refractivity contribution is 9.10. The fraction of sp³-hybridized carbons (Fsp3) is 0.0417. The molecular weight excluding hydrogens is 474 g/mol. The highest BCUT2D eigenvalue weighted by Crippen LogP contribution is 2.33. The average Bonchev–Trinajstić information content (AvgIpc) is 3.27. The summed E-state index contributed by atoms with van der Waals surface area (Å²) in [5.41, 5.74) is 4.09. The first-order chi connectivity index (χ1) is 15.1. The Morgan fingerprint density at radius 3 is 2.58 bits per heavy atom. The van der Waals surface area contributed by atoms with Gasteiger partial charge in [0.1, 0.15) is 5.75 Å². The van der Waals surface area contributed by atoms with E-state index in [1.807, 2.05) is 47.8 Å². The molecule has 7 heteroatoms. The smallest absolute Gasteiger partial charge is 0.258 e. The second-order valence-electron chi connectivity index (χ2n) is 6.54. The molecule has 1 amide bonds. The van der Waals surface area contributed by atoms with Gasteiger partial charge in [0, 0.05) is 22.1 Å². The second kappa shape index (κ2) is 9.13. The Morgan fingerprint density at radius 1 is 1.10 bits per heavy atom. The molecule has 1 N–H and O–H groups in total. The van der Waals surface area contributed by atoms with Gasteiger partial charge in [0.15, 0.2) is 5.13 Å². The predicted molar refractivity (Wildman–Crippen MR) is 126 cm³/mol. The van der Waals surface area contributed by atoms with E-state index in [9.17, 15) is 10.1 Å². The molecule has 31 heavy (non-hydrogen) atoms. The van der Waals surface area contributed by atoms with E-state index in [0.29, 0.717) is 21.8 Å². The van der Waals surface area contributed by atoms with Gasteiger partial charge in [0.25, 0.3) is 5.91 Å². The topological polar surface area (TPSA) is 75.0 Å². The maximum absolute atomic E-state index is 13.0. The van der Waals surface area contributed by atoms with E-state index in [0.717, 1.165) is 27.0 Å². The molecule has 0 aliphatic carbocycles. The van der Waals surface area contributed by atoms with E-state index in [-0.39, 0.29) is 5.91 Å². The van der Waals surface area contributed by atoms with Crippen LogP contribution in [0.3, 0.4) is 0 Å². The minimum Gasteiger partial charge on any atom is -0.496 e. The normalized spacial score (nSPS) is 10.4. The number of amides is 1. The number of ether oxygens (including phenoxy) is 1. The van der Waals surface area contributed by atoms with Crippen LogP contribution in [0.2, 0.25) is 0 Å². The summed E-state index contributed by atoms with van der Waals surface area (Å²) in [6.07, 6.45) is 0. The zero-order chi connectivity index (χ0) is 21.8. The van der Waals surface area contributed by atoms with Crippen molar-refractivity contribution in [2.45, 2.75) is 0 Å². The van der Waals surface area contributed by atoms with Crippen LogP contribution in [-0.4, -0.2) is 18.0 Å². The van der Waals surface area contributed by atoms with E-state index < -0.39 is 0 Å². The zero-order valence-electron chi connectivity index (χ0n) is 16.4. The summed E-state index contributed by atoms with van der Waals surface area (Å²) in [6, 6.07) is 22.4. The lowest BCUT2D eigenvalue weighted by atomic mass is 9.95. The first kappa shape index (κ1) is 20.8. The van der Waals surface area contributed by atoms with Gasteiger partial charge in [-0.15, -0.1) is 11.3 Å². The molecule has 1 aromatic heterocycles. The minimum atomic E-state index is -0.278. The van der Waals surface area contributed by atoms with E-state index >= 15 is 0 Å². The molecule has 0 fully saturated rings. The first-order valence-corrected chi connectivity index (χ1v) is 11.0. The lowest BCUT2D eigenvalue weighted by molar-refractivity contribution is 0.102. The Morgan fingerprint density at radius 2 is 1.84 bits per heavy atom. The van der Waals surface area contributed by atoms with Crippen molar-refractivity contribution in [3.05, 3.63) is 87.7 Å². The van der Waals surface area contributed by atoms with Gasteiger partial charge in [-0.25, -0.2) is 4.98 Å². The number of hydrogen-bond donors (Lipinski definition) is 1. The fourth-order valence-corrected chi connectivity index (χ4v) is 4.44. The molecule has 4 aromatic rings. The Balaban J connectivity index is 1.61. The number of rotatable bonds is 5. The minimum absolute atomic E-state index is 0.278. The quantitative estimate of drug-likeness (QED) is 0.353. The number of methoxy groups -OCH3 is 1. The molecule has 3 aromatic carbocycles. The highest BCUT2D eigenvalue weighted by atomic mass is 79.9. The standard InChI is InChI=1S/C24H16BrN3O2S/c1-30-22-11-10-15(12-20(22)25)21-14-31-24(27-21)28-23(29)19-9-5-4-8-18(19)17-7-3-2-6-16(17)13-26/h2-12,14H,1H3,(H,27,28,29). The number of carbonyl (C=O) groups excluding carboxylic acids is 1. The third-order valence-corrected chi connectivity index (χ3v) is 6.06. The molecule has 1 heterocycles. The van der Waals surface area contributed by atoms with Gasteiger partial charge in [-0.05, 0) is 51.8 Å². The molecule has 0 saturated carbocycles. The van der Waals surface area contributed by atoms with Gasteiger partial charge in [-0.3, -0.25) is 10.1 Å². The second-order valence-corrected chi connectivity index (χ2v) is 8.26. The lowest BCUT2D eigenvalue weighted by Gasteiger charge is -2.10. The third kappa shape index (κ3) is 4.36. The highest BCUT2D eigenvalue weighted by Gasteiger charge is 2.16. The summed E-state index contributed by atoms with van der Waals surface area (Å²) in [4.78, 5) is 17.6. The van der Waals surface area contributed by atoms with Crippen LogP contribution in [0.4, 0.5) is 5.13 Å². The predicted octanol–water partition coefficient (Wildman–Crippen LogP) is 6.37. The van der Waals surface area contributed by atoms with Crippen molar-refractivity contribution in [3.8, 4) is 34.2 Å². The molecule has 4 rings (SSSR count). The number of thiazole rings is 1. The van der Waals surface area contributed by atoms with Crippen LogP contribution in [0.1, 0.15) is 15.9 Å². The number of carbonyl (C=O) groups is 1. The monoisotopic (exact) mass is 489 g/mol. The molecule has 0 bridgehead atoms. The van der Waals surface area contributed by atoms with Crippen LogP contribution in [0.25, 0.3) is 22.4 Å². The molecule has 0 saturated heterocycles. The Labute approximate surface area is 192 Å². The maximum atomic E-state index is 13.0. The number of hydrogen-bond acceptors (Lipinski definition) is 5. The summed E-state index contributed by atoms with van der Waals surface area (Å²) in [5, 5.41) is 14.7. The largest absolute Gasteiger partial charge is 0.496 e. The average molecular weight is 490 g/mol. The molecule has 0 spiro atoms. The molecular formula is C24H16BrN3O2S. The van der Waals surface area contributed by atoms with E-state index in [1.54, 1.807) is 31.4 Å². The number of nitriles is 1. The first-order valence-electron chi connectivity index (χ1n) is 9.30. The van der Waals surface area contributed by atoms with Crippen LogP contribution < -0.4 is 10.1 Å². The van der Waals surface area contributed by atoms with Gasteiger partial charge in [-0.2, -0.15) is 5.26 Å². The van der Waals surface area contributed by atoms with Crippen molar-refractivity contribution in [2.75, 3.05) is 12.4 Å². The number of benzene rings is 3. The maximum Gasteiger partial charge on any atom is 0.258 e. The number of aromatic nitrogens is 1. The number of nitrogens with one attached hydrogen (secondary N) is 1. The van der Waals surface area contributed by atoms with Crippen LogP contribution in [0.5, 0.6) is 5.75 Å². The van der Waals surface area contributed by atoms with Gasteiger partial charge >= 0.3 is 0 Å². The van der Waals surface area contributed by atoms with Gasteiger partial charge in [0.05, 0.1) is 28.9 Å². The van der Waals surface area contributed by atoms with Gasteiger partial charge in [-0.1, -0.05) is 36.4 Å². The Kier molecular flexibility index (Phi) is 6.12. The Bertz CT molecular complexity index is 1310. The molecule has 0 aliphatic heterocycles. The van der Waals surface area contributed by atoms with Crippen molar-refractivity contribution in [2.24, 2.45) is 0 Å². The van der Waals surface area contributed by atoms with Gasteiger partial charge in [0.2, 0.25) is 0 Å². The fourth-order valence-electron chi connectivity index (χ4n) is 3.19. The number of anilines is 1. The van der Waals surface area contributed by atoms with Crippen molar-refractivity contribution >= 4 is 38.3 Å². The van der Waals surface area contributed by atoms with E-state index in [4.69, 9.17) is 4.74 Å². The van der Waals surface area contributed by atoms with Crippen molar-refractivity contribution in [1.29, 1.82) is 5.26 Å². The lowest BCUT2D eigenvalue weighted by Crippen LogP contribution is -2.13. The van der Waals surface area contributed by atoms with Gasteiger partial charge < -0.3 is 4.74 Å². The van der Waals surface area contributed by atoms with Crippen LogP contribution in [0, 0.1) is 11.3 Å². The third-order valence-electron chi connectivity index (χ3n) is 4.68. The SMILES string of the molecule is COc1ccc(-c2csc(NC(=O)c3ccccc3-c3ccccc3C#N)n2)cc1Br. The zero-order valence-corrected chi connectivity index (χ0v) is 18.8. The van der Waals surface area contributed by atoms with Crippen molar-refractivity contribution in [1.82, 2.24) is 4.98 Å². The molecule has 0 radical (unpaired) electrons. The van der Waals surface area contributed by atoms with Crippen LogP contribution in [0.15, 0.2) is 76.6 Å². The van der Waals surface area contributed by atoms with Crippen molar-refractivity contribution < 1.29 is 9.53 Å². The Hall–Kier alpha value is -3.47. The molecule has 0 atom stereocenters. The van der Waals surface area contributed by atoms with E-state index in [1.165, 1.54) is 11.3 Å². The summed E-state index contributed by atoms with van der Waals surface area (Å²) >= 11 is 4.83. The summed E-state index contributed by atoms with van der Waals surface area (Å²) in [5.74, 6) is 0.460. The molecule has 0 unspecified atom stereocenters. The van der Waals surface area contributed by atoms with Crippen molar-refractivity contribution in [3.63, 3.8) is 0 Å². The molecule has 152 valence electrons. The molecule has 5 nitrogen and oxygen atoms in total. The number of halogens is 1. The number of nitrogens with zero attached hydrogens (tertiary/aromatic N) is 2. The van der Waals surface area contributed by atoms with Crippen LogP contribution >= 0.6 is 27.3 Å². The summed E-state index contributed by atoms with van der Waals surface area (Å²) in [6.45, 7) is 0. The van der Waals surface area contributed by atoms with Crippen LogP contribution in [-0.2, 0) is 0 Å². The van der Waals surface area contributed by atoms with E-state index in [2.05, 4.69) is 32.3 Å². The molecule has 0 aliphatic rings. The summed E-state index contributed by atoms with van der Waals surface area (Å²) < 4.78 is 6.09.